The predicted molar refractivity (Wildman–Crippen MR) is 81.6 cm³/mol. The first-order chi connectivity index (χ1) is 9.15. The van der Waals surface area contributed by atoms with Crippen molar-refractivity contribution in [1.82, 2.24) is 0 Å². The summed E-state index contributed by atoms with van der Waals surface area (Å²) < 4.78 is 6.80. The third-order valence-corrected chi connectivity index (χ3v) is 4.42. The van der Waals surface area contributed by atoms with Gasteiger partial charge in [0, 0.05) is 16.7 Å². The van der Waals surface area contributed by atoms with Crippen LogP contribution in [0.1, 0.15) is 31.2 Å². The average Bonchev–Trinajstić information content (AvgIpc) is 2.91. The summed E-state index contributed by atoms with van der Waals surface area (Å²) in [6.07, 6.45) is 4.72. The number of hydrogen-bond acceptors (Lipinski definition) is 3. The fourth-order valence-electron chi connectivity index (χ4n) is 2.35. The summed E-state index contributed by atoms with van der Waals surface area (Å²) in [5.41, 5.74) is 2.21. The van der Waals surface area contributed by atoms with Gasteiger partial charge in [-0.15, -0.1) is 0 Å². The number of halogens is 1. The van der Waals surface area contributed by atoms with Crippen molar-refractivity contribution < 1.29 is 9.84 Å². The highest BCUT2D eigenvalue weighted by Gasteiger charge is 2.16. The average molecular weight is 328 g/mol. The van der Waals surface area contributed by atoms with Crippen LogP contribution < -0.4 is 5.32 Å². The Morgan fingerprint density at radius 1 is 1.42 bits per heavy atom. The molecular weight excluding hydrogens is 306 g/mol. The quantitative estimate of drug-likeness (QED) is 0.840. The lowest BCUT2D eigenvalue weighted by Gasteiger charge is -2.16. The van der Waals surface area contributed by atoms with Gasteiger partial charge in [-0.1, -0.05) is 28.8 Å². The molecule has 0 saturated heterocycles. The van der Waals surface area contributed by atoms with Gasteiger partial charge in [0.05, 0.1) is 18.8 Å². The first-order valence-corrected chi connectivity index (χ1v) is 7.74. The minimum Gasteiger partial charge on any atom is -0.389 e. The van der Waals surface area contributed by atoms with Crippen LogP contribution in [0.4, 0.5) is 5.69 Å². The van der Waals surface area contributed by atoms with Crippen LogP contribution in [0, 0.1) is 6.92 Å². The van der Waals surface area contributed by atoms with Gasteiger partial charge >= 0.3 is 0 Å². The second kappa shape index (κ2) is 7.27. The molecule has 19 heavy (non-hydrogen) atoms. The second-order valence-corrected chi connectivity index (χ2v) is 6.09. The van der Waals surface area contributed by atoms with E-state index in [1.165, 1.54) is 18.4 Å². The van der Waals surface area contributed by atoms with Crippen LogP contribution in [0.15, 0.2) is 22.7 Å². The molecule has 2 rings (SSSR count). The summed E-state index contributed by atoms with van der Waals surface area (Å²) >= 11 is 3.47. The Morgan fingerprint density at radius 3 is 2.84 bits per heavy atom. The Bertz CT molecular complexity index is 405. The van der Waals surface area contributed by atoms with E-state index in [2.05, 4.69) is 34.2 Å². The predicted octanol–water partition coefficient (Wildman–Crippen LogP) is 3.49. The number of anilines is 1. The molecule has 1 unspecified atom stereocenters. The third kappa shape index (κ3) is 4.79. The van der Waals surface area contributed by atoms with Crippen LogP contribution in [-0.2, 0) is 4.74 Å². The molecule has 0 radical (unpaired) electrons. The summed E-state index contributed by atoms with van der Waals surface area (Å²) in [5, 5.41) is 13.1. The number of nitrogens with one attached hydrogen (secondary N) is 1. The molecule has 1 aliphatic rings. The number of aliphatic hydroxyl groups is 1. The lowest BCUT2D eigenvalue weighted by Crippen LogP contribution is -2.27. The zero-order valence-electron chi connectivity index (χ0n) is 11.4. The number of ether oxygens (including phenoxy) is 1. The van der Waals surface area contributed by atoms with Crippen LogP contribution in [0.25, 0.3) is 0 Å². The van der Waals surface area contributed by atoms with Crippen molar-refractivity contribution in [2.45, 2.75) is 44.8 Å². The first-order valence-electron chi connectivity index (χ1n) is 6.95. The summed E-state index contributed by atoms with van der Waals surface area (Å²) in [4.78, 5) is 0. The van der Waals surface area contributed by atoms with Gasteiger partial charge in [0.1, 0.15) is 0 Å². The molecule has 1 aromatic carbocycles. The smallest absolute Gasteiger partial charge is 0.0945 e. The fourth-order valence-corrected chi connectivity index (χ4v) is 2.60. The summed E-state index contributed by atoms with van der Waals surface area (Å²) in [6.45, 7) is 3.00. The van der Waals surface area contributed by atoms with E-state index in [-0.39, 0.29) is 0 Å². The number of aryl methyl sites for hydroxylation is 1. The molecule has 1 fully saturated rings. The zero-order valence-corrected chi connectivity index (χ0v) is 12.9. The van der Waals surface area contributed by atoms with Crippen molar-refractivity contribution in [1.29, 1.82) is 0 Å². The van der Waals surface area contributed by atoms with Crippen molar-refractivity contribution in [3.05, 3.63) is 28.2 Å². The van der Waals surface area contributed by atoms with Crippen molar-refractivity contribution >= 4 is 21.6 Å². The Hall–Kier alpha value is -0.580. The number of hydrogen-bond donors (Lipinski definition) is 2. The summed E-state index contributed by atoms with van der Waals surface area (Å²) in [7, 11) is 0. The van der Waals surface area contributed by atoms with Crippen molar-refractivity contribution in [3.8, 4) is 0 Å². The van der Waals surface area contributed by atoms with Gasteiger partial charge in [-0.3, -0.25) is 0 Å². The van der Waals surface area contributed by atoms with Crippen LogP contribution >= 0.6 is 15.9 Å². The SMILES string of the molecule is Cc1cc(NCC(O)COC2CCCC2)ccc1Br. The molecule has 1 aliphatic carbocycles. The molecule has 0 heterocycles. The summed E-state index contributed by atoms with van der Waals surface area (Å²) in [6, 6.07) is 6.08. The van der Waals surface area contributed by atoms with Gasteiger partial charge in [0.2, 0.25) is 0 Å². The lowest BCUT2D eigenvalue weighted by molar-refractivity contribution is -0.00117. The topological polar surface area (TPSA) is 41.5 Å². The molecule has 0 bridgehead atoms. The highest BCUT2D eigenvalue weighted by molar-refractivity contribution is 9.10. The van der Waals surface area contributed by atoms with E-state index in [0.29, 0.717) is 19.3 Å². The van der Waals surface area contributed by atoms with E-state index < -0.39 is 6.10 Å². The maximum Gasteiger partial charge on any atom is 0.0945 e. The fraction of sp³-hybridized carbons (Fsp3) is 0.600. The van der Waals surface area contributed by atoms with Gasteiger partial charge in [-0.05, 0) is 43.5 Å². The summed E-state index contributed by atoms with van der Waals surface area (Å²) in [5.74, 6) is 0. The van der Waals surface area contributed by atoms with E-state index in [1.54, 1.807) is 0 Å². The van der Waals surface area contributed by atoms with Gasteiger partial charge in [0.25, 0.3) is 0 Å². The molecule has 0 aromatic heterocycles. The highest BCUT2D eigenvalue weighted by atomic mass is 79.9. The first kappa shape index (κ1) is 14.8. The van der Waals surface area contributed by atoms with Crippen LogP contribution in [0.2, 0.25) is 0 Å². The lowest BCUT2D eigenvalue weighted by atomic mass is 10.2. The van der Waals surface area contributed by atoms with Gasteiger partial charge in [-0.2, -0.15) is 0 Å². The van der Waals surface area contributed by atoms with E-state index in [1.807, 2.05) is 12.1 Å². The van der Waals surface area contributed by atoms with Crippen LogP contribution in [0.3, 0.4) is 0 Å². The maximum atomic E-state index is 9.90. The number of aliphatic hydroxyl groups excluding tert-OH is 1. The minimum absolute atomic E-state index is 0.365. The Kier molecular flexibility index (Phi) is 5.67. The molecule has 0 aliphatic heterocycles. The molecule has 0 amide bonds. The van der Waals surface area contributed by atoms with Crippen LogP contribution in [0.5, 0.6) is 0 Å². The van der Waals surface area contributed by atoms with E-state index in [9.17, 15) is 5.11 Å². The van der Waals surface area contributed by atoms with Gasteiger partial charge < -0.3 is 15.2 Å². The van der Waals surface area contributed by atoms with Crippen molar-refractivity contribution in [2.75, 3.05) is 18.5 Å². The van der Waals surface area contributed by atoms with Crippen molar-refractivity contribution in [3.63, 3.8) is 0 Å². The Balaban J connectivity index is 1.70. The van der Waals surface area contributed by atoms with Gasteiger partial charge in [-0.25, -0.2) is 0 Å². The molecule has 1 aromatic rings. The number of benzene rings is 1. The molecule has 2 N–H and O–H groups in total. The van der Waals surface area contributed by atoms with E-state index >= 15 is 0 Å². The van der Waals surface area contributed by atoms with E-state index in [0.717, 1.165) is 23.0 Å². The maximum absolute atomic E-state index is 9.90. The highest BCUT2D eigenvalue weighted by Crippen LogP contribution is 2.21. The zero-order chi connectivity index (χ0) is 13.7. The van der Waals surface area contributed by atoms with Gasteiger partial charge in [0.15, 0.2) is 0 Å². The second-order valence-electron chi connectivity index (χ2n) is 5.24. The minimum atomic E-state index is -0.454. The molecular formula is C15H22BrNO2. The monoisotopic (exact) mass is 327 g/mol. The molecule has 106 valence electrons. The Morgan fingerprint density at radius 2 is 2.16 bits per heavy atom. The molecule has 3 nitrogen and oxygen atoms in total. The molecule has 0 spiro atoms. The largest absolute Gasteiger partial charge is 0.389 e. The standard InChI is InChI=1S/C15H22BrNO2/c1-11-8-12(6-7-15(11)16)17-9-13(18)10-19-14-4-2-3-5-14/h6-8,13-14,17-18H,2-5,9-10H2,1H3. The normalized spacial score (nSPS) is 17.6. The third-order valence-electron chi connectivity index (χ3n) is 3.53. The molecule has 1 saturated carbocycles. The van der Waals surface area contributed by atoms with Crippen LogP contribution in [-0.4, -0.2) is 30.5 Å². The van der Waals surface area contributed by atoms with E-state index in [4.69, 9.17) is 4.74 Å². The molecule has 4 heteroatoms. The number of rotatable bonds is 6. The van der Waals surface area contributed by atoms with Crippen molar-refractivity contribution in [2.24, 2.45) is 0 Å². The molecule has 1 atom stereocenters. The Labute approximate surface area is 123 Å².